The van der Waals surface area contributed by atoms with Crippen LogP contribution >= 0.6 is 7.80 Å². The van der Waals surface area contributed by atoms with Crippen molar-refractivity contribution < 1.29 is 9.36 Å². The second-order valence-electron chi connectivity index (χ2n) is 3.80. The second kappa shape index (κ2) is 5.03. The third kappa shape index (κ3) is 2.66. The van der Waals surface area contributed by atoms with Gasteiger partial charge in [-0.3, -0.25) is 0 Å². The van der Waals surface area contributed by atoms with Crippen LogP contribution in [0.25, 0.3) is 0 Å². The van der Waals surface area contributed by atoms with Crippen molar-refractivity contribution in [3.63, 3.8) is 0 Å². The second-order valence-corrected chi connectivity index (χ2v) is 5.31. The number of carbonyl (C=O) groups is 1. The molecule has 0 amide bonds. The van der Waals surface area contributed by atoms with Gasteiger partial charge in [0.2, 0.25) is 0 Å². The Balaban J connectivity index is 2.27. The Hall–Kier alpha value is -1.79. The van der Waals surface area contributed by atoms with Gasteiger partial charge >= 0.3 is 13.3 Å². The van der Waals surface area contributed by atoms with Crippen LogP contribution in [0.1, 0.15) is 15.9 Å². The standard InChI is InChI=1S/C14H12O2P/c1-11-7-9-12(10-8-11)14(15)17(16)13-5-3-2-4-6-13/h2-10H,1H3/q+1. The molecule has 0 aliphatic rings. The molecule has 0 aliphatic carbocycles. The summed E-state index contributed by atoms with van der Waals surface area (Å²) in [6.07, 6.45) is 0. The molecule has 84 valence electrons. The lowest BCUT2D eigenvalue weighted by Crippen LogP contribution is -2.03. The molecule has 0 N–H and O–H groups in total. The molecule has 3 heteroatoms. The maximum Gasteiger partial charge on any atom is 0.458 e. The Kier molecular flexibility index (Phi) is 3.46. The van der Waals surface area contributed by atoms with E-state index in [1.807, 2.05) is 25.1 Å². The van der Waals surface area contributed by atoms with Crippen molar-refractivity contribution in [2.24, 2.45) is 0 Å². The highest BCUT2D eigenvalue weighted by atomic mass is 31.1. The van der Waals surface area contributed by atoms with E-state index in [1.165, 1.54) is 0 Å². The van der Waals surface area contributed by atoms with Crippen molar-refractivity contribution in [1.29, 1.82) is 0 Å². The lowest BCUT2D eigenvalue weighted by Gasteiger charge is -1.93. The van der Waals surface area contributed by atoms with Gasteiger partial charge in [-0.05, 0) is 31.2 Å². The van der Waals surface area contributed by atoms with Gasteiger partial charge in [0.1, 0.15) is 0 Å². The fourth-order valence-corrected chi connectivity index (χ4v) is 2.56. The van der Waals surface area contributed by atoms with Gasteiger partial charge in [0.05, 0.1) is 5.56 Å². The van der Waals surface area contributed by atoms with Crippen molar-refractivity contribution >= 4 is 18.6 Å². The summed E-state index contributed by atoms with van der Waals surface area (Å²) in [4.78, 5) is 12.0. The summed E-state index contributed by atoms with van der Waals surface area (Å²) in [5.41, 5.74) is 1.27. The Labute approximate surface area is 101 Å². The summed E-state index contributed by atoms with van der Waals surface area (Å²) in [5.74, 6) is 0. The number of benzene rings is 2. The van der Waals surface area contributed by atoms with Crippen molar-refractivity contribution in [2.45, 2.75) is 6.92 Å². The van der Waals surface area contributed by atoms with Gasteiger partial charge in [0.25, 0.3) is 0 Å². The zero-order chi connectivity index (χ0) is 12.3. The Morgan fingerprint density at radius 2 is 1.53 bits per heavy atom. The molecule has 0 aromatic heterocycles. The molecule has 0 saturated heterocycles. The maximum absolute atomic E-state index is 12.0. The normalized spacial score (nSPS) is 11.0. The van der Waals surface area contributed by atoms with Crippen molar-refractivity contribution in [3.05, 3.63) is 65.7 Å². The summed E-state index contributed by atoms with van der Waals surface area (Å²) < 4.78 is 12.0. The van der Waals surface area contributed by atoms with Crippen LogP contribution in [0.2, 0.25) is 0 Å². The van der Waals surface area contributed by atoms with Crippen LogP contribution in [0.4, 0.5) is 0 Å². The molecule has 0 spiro atoms. The zero-order valence-electron chi connectivity index (χ0n) is 9.46. The summed E-state index contributed by atoms with van der Waals surface area (Å²) in [7, 11) is -2.01. The summed E-state index contributed by atoms with van der Waals surface area (Å²) in [6, 6.07) is 16.0. The molecule has 0 fully saturated rings. The largest absolute Gasteiger partial charge is 0.458 e. The average molecular weight is 243 g/mol. The molecule has 2 aromatic rings. The van der Waals surface area contributed by atoms with Gasteiger partial charge in [-0.2, -0.15) is 0 Å². The van der Waals surface area contributed by atoms with E-state index in [4.69, 9.17) is 0 Å². The van der Waals surface area contributed by atoms with E-state index in [-0.39, 0.29) is 5.52 Å². The topological polar surface area (TPSA) is 34.1 Å². The highest BCUT2D eigenvalue weighted by Crippen LogP contribution is 2.25. The molecule has 1 unspecified atom stereocenters. The Bertz CT molecular complexity index is 544. The SMILES string of the molecule is Cc1ccc(C(=O)[P+](=O)c2ccccc2)cc1. The van der Waals surface area contributed by atoms with E-state index in [0.29, 0.717) is 10.9 Å². The van der Waals surface area contributed by atoms with Crippen molar-refractivity contribution in [3.8, 4) is 0 Å². The van der Waals surface area contributed by atoms with E-state index >= 15 is 0 Å². The monoisotopic (exact) mass is 243 g/mol. The van der Waals surface area contributed by atoms with Crippen LogP contribution in [-0.4, -0.2) is 5.52 Å². The van der Waals surface area contributed by atoms with Gasteiger partial charge in [-0.25, -0.2) is 4.79 Å². The first-order valence-corrected chi connectivity index (χ1v) is 6.58. The lowest BCUT2D eigenvalue weighted by molar-refractivity contribution is 0.108. The number of carbonyl (C=O) groups excluding carboxylic acids is 1. The van der Waals surface area contributed by atoms with E-state index in [9.17, 15) is 9.36 Å². The number of hydrogen-bond acceptors (Lipinski definition) is 2. The lowest BCUT2D eigenvalue weighted by atomic mass is 10.2. The van der Waals surface area contributed by atoms with Gasteiger partial charge in [-0.1, -0.05) is 40.5 Å². The molecular formula is C14H12O2P+. The number of hydrogen-bond donors (Lipinski definition) is 0. The minimum Gasteiger partial charge on any atom is -0.234 e. The van der Waals surface area contributed by atoms with Gasteiger partial charge in [0.15, 0.2) is 5.30 Å². The molecule has 0 aliphatic heterocycles. The van der Waals surface area contributed by atoms with E-state index in [0.717, 1.165) is 5.56 Å². The first-order valence-electron chi connectivity index (χ1n) is 5.32. The minimum absolute atomic E-state index is 0.314. The highest BCUT2D eigenvalue weighted by molar-refractivity contribution is 7.71. The maximum atomic E-state index is 12.0. The molecule has 2 aromatic carbocycles. The van der Waals surface area contributed by atoms with Crippen LogP contribution in [-0.2, 0) is 4.57 Å². The van der Waals surface area contributed by atoms with Crippen molar-refractivity contribution in [1.82, 2.24) is 0 Å². The number of aryl methyl sites for hydroxylation is 1. The summed E-state index contributed by atoms with van der Waals surface area (Å²) >= 11 is 0. The average Bonchev–Trinajstić information content (AvgIpc) is 2.39. The van der Waals surface area contributed by atoms with Crippen molar-refractivity contribution in [2.75, 3.05) is 0 Å². The molecule has 2 nitrogen and oxygen atoms in total. The van der Waals surface area contributed by atoms with Crippen LogP contribution in [0.5, 0.6) is 0 Å². The third-order valence-corrected chi connectivity index (χ3v) is 3.87. The minimum atomic E-state index is -2.01. The van der Waals surface area contributed by atoms with Crippen LogP contribution in [0, 0.1) is 6.92 Å². The van der Waals surface area contributed by atoms with Crippen LogP contribution in [0.15, 0.2) is 54.6 Å². The fraction of sp³-hybridized carbons (Fsp3) is 0.0714. The zero-order valence-corrected chi connectivity index (χ0v) is 10.4. The first kappa shape index (κ1) is 11.7. The van der Waals surface area contributed by atoms with Crippen LogP contribution < -0.4 is 5.30 Å². The van der Waals surface area contributed by atoms with Gasteiger partial charge in [-0.15, -0.1) is 0 Å². The third-order valence-electron chi connectivity index (χ3n) is 2.47. The first-order chi connectivity index (χ1) is 8.18. The van der Waals surface area contributed by atoms with E-state index in [1.54, 1.807) is 36.4 Å². The Morgan fingerprint density at radius 1 is 0.941 bits per heavy atom. The molecular weight excluding hydrogens is 231 g/mol. The van der Waals surface area contributed by atoms with Crippen LogP contribution in [0.3, 0.4) is 0 Å². The fourth-order valence-electron chi connectivity index (χ4n) is 1.49. The predicted molar refractivity (Wildman–Crippen MR) is 69.2 cm³/mol. The van der Waals surface area contributed by atoms with E-state index in [2.05, 4.69) is 0 Å². The number of rotatable bonds is 3. The molecule has 2 rings (SSSR count). The summed E-state index contributed by atoms with van der Waals surface area (Å²) in [6.45, 7) is 1.95. The van der Waals surface area contributed by atoms with Gasteiger partial charge in [0, 0.05) is 0 Å². The molecule has 0 saturated carbocycles. The highest BCUT2D eigenvalue weighted by Gasteiger charge is 2.31. The molecule has 1 atom stereocenters. The van der Waals surface area contributed by atoms with Gasteiger partial charge < -0.3 is 0 Å². The molecule has 0 heterocycles. The Morgan fingerprint density at radius 3 is 2.12 bits per heavy atom. The summed E-state index contributed by atoms with van der Waals surface area (Å²) in [5, 5.41) is 0.577. The quantitative estimate of drug-likeness (QED) is 0.775. The molecule has 17 heavy (non-hydrogen) atoms. The molecule has 0 radical (unpaired) electrons. The van der Waals surface area contributed by atoms with E-state index < -0.39 is 7.80 Å². The molecule has 0 bridgehead atoms. The smallest absolute Gasteiger partial charge is 0.234 e. The predicted octanol–water partition coefficient (Wildman–Crippen LogP) is 3.29.